The van der Waals surface area contributed by atoms with Crippen LogP contribution in [0.25, 0.3) is 0 Å². The van der Waals surface area contributed by atoms with Crippen LogP contribution in [0.2, 0.25) is 10.0 Å². The highest BCUT2D eigenvalue weighted by Gasteiger charge is 2.24. The largest absolute Gasteiger partial charge is 0.394 e. The third-order valence-corrected chi connectivity index (χ3v) is 5.21. The van der Waals surface area contributed by atoms with Crippen molar-refractivity contribution in [1.82, 2.24) is 20.2 Å². The van der Waals surface area contributed by atoms with Crippen molar-refractivity contribution in [3.05, 3.63) is 51.3 Å². The molecule has 1 aromatic carbocycles. The van der Waals surface area contributed by atoms with Gasteiger partial charge in [0.15, 0.2) is 0 Å². The molecule has 9 heteroatoms. The Morgan fingerprint density at radius 2 is 2.14 bits per heavy atom. The number of hydrogen-bond donors (Lipinski definition) is 3. The Labute approximate surface area is 174 Å². The van der Waals surface area contributed by atoms with Crippen LogP contribution in [-0.4, -0.2) is 45.2 Å². The molecular formula is C19H23Cl2N5O2. The zero-order valence-electron chi connectivity index (χ0n) is 15.7. The van der Waals surface area contributed by atoms with Crippen molar-refractivity contribution in [1.29, 1.82) is 0 Å². The molecule has 2 aromatic rings. The van der Waals surface area contributed by atoms with E-state index in [1.165, 1.54) is 0 Å². The number of halogens is 2. The van der Waals surface area contributed by atoms with Gasteiger partial charge in [0, 0.05) is 28.8 Å². The molecule has 3 N–H and O–H groups in total. The molecule has 1 aromatic heterocycles. The second-order valence-corrected chi connectivity index (χ2v) is 7.75. The van der Waals surface area contributed by atoms with Gasteiger partial charge in [0.25, 0.3) is 0 Å². The van der Waals surface area contributed by atoms with E-state index in [9.17, 15) is 4.79 Å². The lowest BCUT2D eigenvalue weighted by atomic mass is 10.1. The van der Waals surface area contributed by atoms with Gasteiger partial charge >= 0.3 is 6.03 Å². The van der Waals surface area contributed by atoms with E-state index in [1.807, 2.05) is 19.9 Å². The van der Waals surface area contributed by atoms with E-state index in [2.05, 4.69) is 20.6 Å². The maximum absolute atomic E-state index is 12.7. The van der Waals surface area contributed by atoms with Crippen LogP contribution in [0.15, 0.2) is 24.4 Å². The Balaban J connectivity index is 1.67. The molecule has 0 unspecified atom stereocenters. The van der Waals surface area contributed by atoms with E-state index >= 15 is 0 Å². The summed E-state index contributed by atoms with van der Waals surface area (Å²) in [4.78, 5) is 23.2. The van der Waals surface area contributed by atoms with Crippen molar-refractivity contribution < 1.29 is 9.90 Å². The molecule has 3 rings (SSSR count). The SMILES string of the molecule is C[C@@H](CO)Nc1ncc2c(n1)CN(C(=O)N[C@H](C)c1ccc(Cl)cc1Cl)CC2. The molecule has 28 heavy (non-hydrogen) atoms. The summed E-state index contributed by atoms with van der Waals surface area (Å²) in [6, 6.07) is 4.64. The lowest BCUT2D eigenvalue weighted by Gasteiger charge is -2.30. The lowest BCUT2D eigenvalue weighted by molar-refractivity contribution is 0.188. The first-order valence-electron chi connectivity index (χ1n) is 9.10. The summed E-state index contributed by atoms with van der Waals surface area (Å²) in [6.07, 6.45) is 2.47. The minimum Gasteiger partial charge on any atom is -0.394 e. The first-order valence-corrected chi connectivity index (χ1v) is 9.85. The van der Waals surface area contributed by atoms with Gasteiger partial charge < -0.3 is 20.6 Å². The molecule has 150 valence electrons. The van der Waals surface area contributed by atoms with Gasteiger partial charge in [0.1, 0.15) is 0 Å². The van der Waals surface area contributed by atoms with Crippen LogP contribution in [0.3, 0.4) is 0 Å². The predicted octanol–water partition coefficient (Wildman–Crippen LogP) is 3.41. The molecule has 0 bridgehead atoms. The number of rotatable bonds is 5. The average molecular weight is 424 g/mol. The van der Waals surface area contributed by atoms with Crippen molar-refractivity contribution >= 4 is 35.2 Å². The van der Waals surface area contributed by atoms with Gasteiger partial charge in [-0.3, -0.25) is 0 Å². The standard InChI is InChI=1S/C19H23Cl2N5O2/c1-11(10-27)23-18-22-8-13-5-6-26(9-17(13)25-18)19(28)24-12(2)15-4-3-14(20)7-16(15)21/h3-4,7-8,11-12,27H,5-6,9-10H2,1-2H3,(H,24,28)(H,22,23,25)/t11-,12+/m0/s1. The number of amides is 2. The van der Waals surface area contributed by atoms with E-state index < -0.39 is 0 Å². The minimum atomic E-state index is -0.258. The number of aromatic nitrogens is 2. The molecular weight excluding hydrogens is 401 g/mol. The Hall–Kier alpha value is -2.09. The molecule has 0 spiro atoms. The fourth-order valence-corrected chi connectivity index (χ4v) is 3.59. The number of aliphatic hydroxyl groups is 1. The van der Waals surface area contributed by atoms with E-state index in [0.717, 1.165) is 16.8 Å². The number of carbonyl (C=O) groups is 1. The lowest BCUT2D eigenvalue weighted by Crippen LogP contribution is -2.44. The first kappa shape index (κ1) is 20.6. The molecule has 0 saturated carbocycles. The van der Waals surface area contributed by atoms with E-state index in [0.29, 0.717) is 35.5 Å². The predicted molar refractivity (Wildman–Crippen MR) is 110 cm³/mol. The number of benzene rings is 1. The molecule has 1 aliphatic heterocycles. The van der Waals surface area contributed by atoms with Gasteiger partial charge in [0.05, 0.1) is 24.9 Å². The van der Waals surface area contributed by atoms with E-state index in [-0.39, 0.29) is 24.7 Å². The molecule has 2 amide bonds. The van der Waals surface area contributed by atoms with Crippen molar-refractivity contribution in [2.75, 3.05) is 18.5 Å². The number of nitrogens with one attached hydrogen (secondary N) is 2. The second kappa shape index (κ2) is 8.94. The summed E-state index contributed by atoms with van der Waals surface area (Å²) in [5, 5.41) is 16.3. The Morgan fingerprint density at radius 1 is 1.36 bits per heavy atom. The highest BCUT2D eigenvalue weighted by atomic mass is 35.5. The van der Waals surface area contributed by atoms with E-state index in [4.69, 9.17) is 28.3 Å². The zero-order valence-corrected chi connectivity index (χ0v) is 17.3. The quantitative estimate of drug-likeness (QED) is 0.685. The third kappa shape index (κ3) is 4.84. The summed E-state index contributed by atoms with van der Waals surface area (Å²) < 4.78 is 0. The monoisotopic (exact) mass is 423 g/mol. The van der Waals surface area contributed by atoms with E-state index in [1.54, 1.807) is 23.2 Å². The molecule has 2 heterocycles. The van der Waals surface area contributed by atoms with Gasteiger partial charge in [0.2, 0.25) is 5.95 Å². The maximum atomic E-state index is 12.7. The third-order valence-electron chi connectivity index (χ3n) is 4.65. The average Bonchev–Trinajstić information content (AvgIpc) is 2.67. The smallest absolute Gasteiger partial charge is 0.318 e. The van der Waals surface area contributed by atoms with Gasteiger partial charge in [-0.25, -0.2) is 14.8 Å². The fraction of sp³-hybridized carbons (Fsp3) is 0.421. The van der Waals surface area contributed by atoms with Crippen molar-refractivity contribution in [2.45, 2.75) is 38.9 Å². The number of urea groups is 1. The van der Waals surface area contributed by atoms with Gasteiger partial charge in [-0.1, -0.05) is 29.3 Å². The maximum Gasteiger partial charge on any atom is 0.318 e. The number of anilines is 1. The van der Waals surface area contributed by atoms with Crippen LogP contribution in [0.1, 0.15) is 36.7 Å². The zero-order chi connectivity index (χ0) is 20.3. The number of carbonyl (C=O) groups excluding carboxylic acids is 1. The highest BCUT2D eigenvalue weighted by molar-refractivity contribution is 6.35. The summed E-state index contributed by atoms with van der Waals surface area (Å²) >= 11 is 12.2. The minimum absolute atomic E-state index is 0.0138. The topological polar surface area (TPSA) is 90.4 Å². The highest BCUT2D eigenvalue weighted by Crippen LogP contribution is 2.26. The summed E-state index contributed by atoms with van der Waals surface area (Å²) in [6.45, 7) is 4.69. The van der Waals surface area contributed by atoms with Crippen molar-refractivity contribution in [3.8, 4) is 0 Å². The molecule has 0 aliphatic carbocycles. The van der Waals surface area contributed by atoms with Crippen molar-refractivity contribution in [2.24, 2.45) is 0 Å². The van der Waals surface area contributed by atoms with Crippen LogP contribution < -0.4 is 10.6 Å². The van der Waals surface area contributed by atoms with Crippen LogP contribution in [-0.2, 0) is 13.0 Å². The second-order valence-electron chi connectivity index (χ2n) is 6.90. The van der Waals surface area contributed by atoms with Crippen LogP contribution in [0.4, 0.5) is 10.7 Å². The van der Waals surface area contributed by atoms with Crippen LogP contribution >= 0.6 is 23.2 Å². The van der Waals surface area contributed by atoms with Gasteiger partial charge in [-0.15, -0.1) is 0 Å². The van der Waals surface area contributed by atoms with Gasteiger partial charge in [-0.2, -0.15) is 0 Å². The Kier molecular flexibility index (Phi) is 6.59. The number of nitrogens with zero attached hydrogens (tertiary/aromatic N) is 3. The Morgan fingerprint density at radius 3 is 2.86 bits per heavy atom. The van der Waals surface area contributed by atoms with Gasteiger partial charge in [-0.05, 0) is 43.5 Å². The molecule has 7 nitrogen and oxygen atoms in total. The number of aliphatic hydroxyl groups excluding tert-OH is 1. The Bertz CT molecular complexity index is 864. The summed E-state index contributed by atoms with van der Waals surface area (Å²) in [5.74, 6) is 0.448. The summed E-state index contributed by atoms with van der Waals surface area (Å²) in [5.41, 5.74) is 2.64. The number of hydrogen-bond acceptors (Lipinski definition) is 5. The van der Waals surface area contributed by atoms with Crippen LogP contribution in [0, 0.1) is 0 Å². The molecule has 0 saturated heterocycles. The molecule has 0 radical (unpaired) electrons. The van der Waals surface area contributed by atoms with Crippen LogP contribution in [0.5, 0.6) is 0 Å². The first-order chi connectivity index (χ1) is 13.4. The molecule has 2 atom stereocenters. The fourth-order valence-electron chi connectivity index (χ4n) is 3.02. The normalized spacial score (nSPS) is 15.5. The summed E-state index contributed by atoms with van der Waals surface area (Å²) in [7, 11) is 0. The number of fused-ring (bicyclic) bond motifs is 1. The molecule has 0 fully saturated rings. The van der Waals surface area contributed by atoms with Crippen molar-refractivity contribution in [3.63, 3.8) is 0 Å². The molecule has 1 aliphatic rings.